The van der Waals surface area contributed by atoms with Crippen LogP contribution in [0.4, 0.5) is 0 Å². The van der Waals surface area contributed by atoms with Gasteiger partial charge in [-0.05, 0) is 44.9 Å². The monoisotopic (exact) mass is 339 g/mol. The van der Waals surface area contributed by atoms with E-state index in [1.165, 1.54) is 0 Å². The number of hydrogen-bond acceptors (Lipinski definition) is 5. The fourth-order valence-corrected chi connectivity index (χ4v) is 2.37. The molecule has 5 heteroatoms. The minimum absolute atomic E-state index is 0.251. The van der Waals surface area contributed by atoms with Crippen LogP contribution in [0.15, 0.2) is 18.2 Å². The quantitative estimate of drug-likeness (QED) is 0.481. The normalized spacial score (nSPS) is 10.8. The molecule has 24 heavy (non-hydrogen) atoms. The van der Waals surface area contributed by atoms with Crippen molar-refractivity contribution in [3.8, 4) is 11.5 Å². The average Bonchev–Trinajstić information content (AvgIpc) is 2.60. The van der Waals surface area contributed by atoms with Crippen molar-refractivity contribution in [1.29, 1.82) is 0 Å². The first-order valence-electron chi connectivity index (χ1n) is 9.04. The van der Waals surface area contributed by atoms with Gasteiger partial charge in [-0.3, -0.25) is 0 Å². The largest absolute Gasteiger partial charge is 0.493 e. The fourth-order valence-electron chi connectivity index (χ4n) is 2.37. The lowest BCUT2D eigenvalue weighted by Gasteiger charge is -2.16. The van der Waals surface area contributed by atoms with Gasteiger partial charge in [0.25, 0.3) is 0 Å². The second kappa shape index (κ2) is 14.1. The summed E-state index contributed by atoms with van der Waals surface area (Å²) >= 11 is 0. The lowest BCUT2D eigenvalue weighted by atomic mass is 10.1. The molecule has 0 heterocycles. The Bertz CT molecular complexity index is 426. The van der Waals surface area contributed by atoms with Crippen LogP contribution in [0.3, 0.4) is 0 Å². The highest BCUT2D eigenvalue weighted by Gasteiger charge is 2.10. The Hall–Kier alpha value is -1.30. The Morgan fingerprint density at radius 2 is 1.71 bits per heavy atom. The van der Waals surface area contributed by atoms with Crippen molar-refractivity contribution in [1.82, 2.24) is 5.32 Å². The lowest BCUT2D eigenvalue weighted by molar-refractivity contribution is 0.102. The Kier molecular flexibility index (Phi) is 12.2. The van der Waals surface area contributed by atoms with Gasteiger partial charge in [-0.1, -0.05) is 19.4 Å². The summed E-state index contributed by atoms with van der Waals surface area (Å²) in [5.74, 6) is 1.80. The SMILES string of the molecule is CCCc1c(OCCCCCO)cccc1OCCOCCNC. The summed E-state index contributed by atoms with van der Waals surface area (Å²) in [6.45, 7) is 5.75. The lowest BCUT2D eigenvalue weighted by Crippen LogP contribution is -2.17. The van der Waals surface area contributed by atoms with Crippen molar-refractivity contribution < 1.29 is 19.3 Å². The van der Waals surface area contributed by atoms with Crippen molar-refractivity contribution in [2.24, 2.45) is 0 Å². The molecule has 0 aromatic heterocycles. The molecule has 0 amide bonds. The summed E-state index contributed by atoms with van der Waals surface area (Å²) in [6.07, 6.45) is 4.75. The van der Waals surface area contributed by atoms with Gasteiger partial charge in [-0.15, -0.1) is 0 Å². The van der Waals surface area contributed by atoms with Gasteiger partial charge < -0.3 is 24.6 Å². The molecule has 2 N–H and O–H groups in total. The summed E-state index contributed by atoms with van der Waals surface area (Å²) < 4.78 is 17.3. The highest BCUT2D eigenvalue weighted by Crippen LogP contribution is 2.30. The Balaban J connectivity index is 2.49. The second-order valence-electron chi connectivity index (χ2n) is 5.68. The van der Waals surface area contributed by atoms with Gasteiger partial charge in [0.05, 0.1) is 19.8 Å². The number of aliphatic hydroxyl groups excluding tert-OH is 1. The fraction of sp³-hybridized carbons (Fsp3) is 0.684. The average molecular weight is 339 g/mol. The predicted octanol–water partition coefficient (Wildman–Crippen LogP) is 2.80. The van der Waals surface area contributed by atoms with E-state index in [4.69, 9.17) is 19.3 Å². The molecule has 1 aromatic rings. The number of aliphatic hydroxyl groups is 1. The van der Waals surface area contributed by atoms with E-state index < -0.39 is 0 Å². The van der Waals surface area contributed by atoms with Crippen LogP contribution in [0.5, 0.6) is 11.5 Å². The molecule has 0 radical (unpaired) electrons. The molecule has 0 bridgehead atoms. The Morgan fingerprint density at radius 1 is 0.958 bits per heavy atom. The number of likely N-dealkylation sites (N-methyl/N-ethyl adjacent to an activating group) is 1. The third kappa shape index (κ3) is 8.52. The number of rotatable bonds is 15. The second-order valence-corrected chi connectivity index (χ2v) is 5.68. The zero-order valence-electron chi connectivity index (χ0n) is 15.2. The van der Waals surface area contributed by atoms with E-state index in [0.29, 0.717) is 26.4 Å². The van der Waals surface area contributed by atoms with Crippen molar-refractivity contribution in [3.63, 3.8) is 0 Å². The number of unbranched alkanes of at least 4 members (excludes halogenated alkanes) is 2. The van der Waals surface area contributed by atoms with E-state index in [0.717, 1.165) is 55.7 Å². The van der Waals surface area contributed by atoms with E-state index in [9.17, 15) is 0 Å². The van der Waals surface area contributed by atoms with Crippen molar-refractivity contribution in [2.45, 2.75) is 39.0 Å². The molecule has 0 spiro atoms. The molecule has 0 atom stereocenters. The number of hydrogen-bond donors (Lipinski definition) is 2. The van der Waals surface area contributed by atoms with E-state index in [1.54, 1.807) is 0 Å². The highest BCUT2D eigenvalue weighted by atomic mass is 16.5. The summed E-state index contributed by atoms with van der Waals surface area (Å²) in [4.78, 5) is 0. The van der Waals surface area contributed by atoms with Crippen molar-refractivity contribution >= 4 is 0 Å². The van der Waals surface area contributed by atoms with Crippen LogP contribution in [-0.4, -0.2) is 51.7 Å². The predicted molar refractivity (Wildman–Crippen MR) is 97.1 cm³/mol. The topological polar surface area (TPSA) is 60.0 Å². The maximum Gasteiger partial charge on any atom is 0.126 e. The third-order valence-electron chi connectivity index (χ3n) is 3.63. The summed E-state index contributed by atoms with van der Waals surface area (Å²) in [5, 5.41) is 11.9. The molecule has 0 aliphatic rings. The summed E-state index contributed by atoms with van der Waals surface area (Å²) in [6, 6.07) is 5.98. The number of benzene rings is 1. The van der Waals surface area contributed by atoms with Crippen molar-refractivity contribution in [3.05, 3.63) is 23.8 Å². The van der Waals surface area contributed by atoms with Crippen LogP contribution in [0, 0.1) is 0 Å². The minimum atomic E-state index is 0.251. The molecule has 0 saturated heterocycles. The zero-order valence-corrected chi connectivity index (χ0v) is 15.2. The molecule has 0 aliphatic heterocycles. The summed E-state index contributed by atoms with van der Waals surface area (Å²) in [7, 11) is 1.91. The Labute approximate surface area is 146 Å². The first-order valence-corrected chi connectivity index (χ1v) is 9.04. The van der Waals surface area contributed by atoms with Crippen LogP contribution >= 0.6 is 0 Å². The van der Waals surface area contributed by atoms with Gasteiger partial charge >= 0.3 is 0 Å². The first kappa shape index (κ1) is 20.7. The van der Waals surface area contributed by atoms with E-state index >= 15 is 0 Å². The third-order valence-corrected chi connectivity index (χ3v) is 3.63. The van der Waals surface area contributed by atoms with Gasteiger partial charge in [-0.25, -0.2) is 0 Å². The van der Waals surface area contributed by atoms with Crippen LogP contribution in [0.25, 0.3) is 0 Å². The molecule has 1 aromatic carbocycles. The van der Waals surface area contributed by atoms with Gasteiger partial charge in [-0.2, -0.15) is 0 Å². The van der Waals surface area contributed by atoms with Crippen LogP contribution < -0.4 is 14.8 Å². The molecular weight excluding hydrogens is 306 g/mol. The molecule has 0 unspecified atom stereocenters. The molecule has 5 nitrogen and oxygen atoms in total. The van der Waals surface area contributed by atoms with Gasteiger partial charge in [0.1, 0.15) is 18.1 Å². The van der Waals surface area contributed by atoms with Gasteiger partial charge in [0.15, 0.2) is 0 Å². The Morgan fingerprint density at radius 3 is 2.38 bits per heavy atom. The minimum Gasteiger partial charge on any atom is -0.493 e. The molecule has 0 fully saturated rings. The number of ether oxygens (including phenoxy) is 3. The van der Waals surface area contributed by atoms with Crippen LogP contribution in [0.2, 0.25) is 0 Å². The van der Waals surface area contributed by atoms with E-state index in [-0.39, 0.29) is 6.61 Å². The number of nitrogens with one attached hydrogen (secondary N) is 1. The molecule has 138 valence electrons. The maximum absolute atomic E-state index is 8.81. The smallest absolute Gasteiger partial charge is 0.126 e. The maximum atomic E-state index is 8.81. The zero-order chi connectivity index (χ0) is 17.5. The molecular formula is C19H33NO4. The van der Waals surface area contributed by atoms with Gasteiger partial charge in [0, 0.05) is 18.7 Å². The van der Waals surface area contributed by atoms with Crippen LogP contribution in [-0.2, 0) is 11.2 Å². The van der Waals surface area contributed by atoms with E-state index in [2.05, 4.69) is 12.2 Å². The van der Waals surface area contributed by atoms with Crippen molar-refractivity contribution in [2.75, 3.05) is 46.6 Å². The molecule has 0 aliphatic carbocycles. The molecule has 1 rings (SSSR count). The highest BCUT2D eigenvalue weighted by molar-refractivity contribution is 5.45. The standard InChI is InChI=1S/C19H33NO4/c1-3-8-17-18(23-13-6-4-5-12-21)9-7-10-19(17)24-16-15-22-14-11-20-2/h7,9-10,20-21H,3-6,8,11-16H2,1-2H3. The van der Waals surface area contributed by atoms with Crippen LogP contribution in [0.1, 0.15) is 38.2 Å². The van der Waals surface area contributed by atoms with E-state index in [1.807, 2.05) is 25.2 Å². The summed E-state index contributed by atoms with van der Waals surface area (Å²) in [5.41, 5.74) is 1.14. The molecule has 0 saturated carbocycles. The van der Waals surface area contributed by atoms with Gasteiger partial charge in [0.2, 0.25) is 0 Å². The first-order chi connectivity index (χ1) is 11.8.